The quantitative estimate of drug-likeness (QED) is 0.778. The monoisotopic (exact) mass is 255 g/mol. The molecule has 0 saturated carbocycles. The minimum atomic E-state index is -4.51. The number of carbonyl (C=O) groups excluding carboxylic acids is 1. The van der Waals surface area contributed by atoms with Gasteiger partial charge in [-0.2, -0.15) is 13.2 Å². The smallest absolute Gasteiger partial charge is 0.422 e. The zero-order valence-corrected chi connectivity index (χ0v) is 9.59. The van der Waals surface area contributed by atoms with Crippen molar-refractivity contribution in [2.24, 2.45) is 0 Å². The van der Waals surface area contributed by atoms with Crippen LogP contribution in [0.3, 0.4) is 0 Å². The summed E-state index contributed by atoms with van der Waals surface area (Å²) in [4.78, 5) is 12.5. The van der Waals surface area contributed by atoms with E-state index in [1.807, 2.05) is 0 Å². The molecule has 1 rings (SSSR count). The van der Waals surface area contributed by atoms with E-state index >= 15 is 0 Å². The van der Waals surface area contributed by atoms with Gasteiger partial charge in [0.1, 0.15) is 0 Å². The van der Waals surface area contributed by atoms with E-state index in [-0.39, 0.29) is 6.54 Å². The van der Waals surface area contributed by atoms with Crippen LogP contribution in [-0.4, -0.2) is 47.6 Å². The molecule has 4 nitrogen and oxygen atoms in total. The SMILES string of the molecule is CC1(O)CCCN(C(=O)OCC(F)(F)F)CC1. The first-order valence-electron chi connectivity index (χ1n) is 5.40. The van der Waals surface area contributed by atoms with Crippen LogP contribution in [0.15, 0.2) is 0 Å². The average Bonchev–Trinajstić information content (AvgIpc) is 2.35. The molecule has 1 heterocycles. The van der Waals surface area contributed by atoms with Gasteiger partial charge >= 0.3 is 12.3 Å². The van der Waals surface area contributed by atoms with Crippen molar-refractivity contribution >= 4 is 6.09 Å². The Bertz CT molecular complexity index is 278. The zero-order valence-electron chi connectivity index (χ0n) is 9.59. The molecule has 0 aromatic heterocycles. The van der Waals surface area contributed by atoms with Crippen molar-refractivity contribution < 1.29 is 27.8 Å². The van der Waals surface area contributed by atoms with Gasteiger partial charge in [0.2, 0.25) is 0 Å². The summed E-state index contributed by atoms with van der Waals surface area (Å²) in [5, 5.41) is 9.75. The maximum absolute atomic E-state index is 11.9. The molecule has 7 heteroatoms. The van der Waals surface area contributed by atoms with Crippen LogP contribution >= 0.6 is 0 Å². The molecule has 1 fully saturated rings. The van der Waals surface area contributed by atoms with Crippen LogP contribution in [0.2, 0.25) is 0 Å². The van der Waals surface area contributed by atoms with E-state index in [4.69, 9.17) is 0 Å². The highest BCUT2D eigenvalue weighted by atomic mass is 19.4. The Hall–Kier alpha value is -0.980. The number of ether oxygens (including phenoxy) is 1. The van der Waals surface area contributed by atoms with E-state index in [1.54, 1.807) is 6.92 Å². The molecule has 1 aliphatic heterocycles. The largest absolute Gasteiger partial charge is 0.440 e. The van der Waals surface area contributed by atoms with Gasteiger partial charge in [-0.1, -0.05) is 0 Å². The normalized spacial score (nSPS) is 26.5. The first-order chi connectivity index (χ1) is 7.70. The molecule has 100 valence electrons. The number of alkyl halides is 3. The van der Waals surface area contributed by atoms with Crippen molar-refractivity contribution in [3.8, 4) is 0 Å². The Morgan fingerprint density at radius 3 is 2.65 bits per heavy atom. The second-order valence-corrected chi connectivity index (χ2v) is 4.51. The lowest BCUT2D eigenvalue weighted by atomic mass is 9.98. The number of carbonyl (C=O) groups is 1. The first kappa shape index (κ1) is 14.1. The number of rotatable bonds is 1. The zero-order chi connectivity index (χ0) is 13.1. The fourth-order valence-electron chi connectivity index (χ4n) is 1.68. The van der Waals surface area contributed by atoms with Crippen LogP contribution < -0.4 is 0 Å². The lowest BCUT2D eigenvalue weighted by Crippen LogP contribution is -2.35. The summed E-state index contributed by atoms with van der Waals surface area (Å²) in [6, 6.07) is 0. The standard InChI is InChI=1S/C10H16F3NO3/c1-9(16)3-2-5-14(6-4-9)8(15)17-7-10(11,12)13/h16H,2-7H2,1H3. The molecule has 0 spiro atoms. The minimum absolute atomic E-state index is 0.212. The maximum Gasteiger partial charge on any atom is 0.422 e. The summed E-state index contributed by atoms with van der Waals surface area (Å²) in [5.74, 6) is 0. The highest BCUT2D eigenvalue weighted by Gasteiger charge is 2.32. The Kier molecular flexibility index (Phi) is 4.24. The summed E-state index contributed by atoms with van der Waals surface area (Å²) in [5.41, 5.74) is -0.862. The van der Waals surface area contributed by atoms with Crippen molar-refractivity contribution in [1.82, 2.24) is 4.90 Å². The molecule has 17 heavy (non-hydrogen) atoms. The number of aliphatic hydroxyl groups is 1. The summed E-state index contributed by atoms with van der Waals surface area (Å²) < 4.78 is 39.7. The fraction of sp³-hybridized carbons (Fsp3) is 0.900. The average molecular weight is 255 g/mol. The van der Waals surface area contributed by atoms with Crippen molar-refractivity contribution in [2.75, 3.05) is 19.7 Å². The van der Waals surface area contributed by atoms with Gasteiger partial charge in [0.05, 0.1) is 5.60 Å². The van der Waals surface area contributed by atoms with E-state index in [1.165, 1.54) is 4.90 Å². The maximum atomic E-state index is 11.9. The molecule has 0 aromatic carbocycles. The van der Waals surface area contributed by atoms with Crippen molar-refractivity contribution in [3.05, 3.63) is 0 Å². The van der Waals surface area contributed by atoms with E-state index < -0.39 is 24.5 Å². The van der Waals surface area contributed by atoms with Crippen LogP contribution in [0.25, 0.3) is 0 Å². The van der Waals surface area contributed by atoms with E-state index in [2.05, 4.69) is 4.74 Å². The predicted molar refractivity (Wildman–Crippen MR) is 53.5 cm³/mol. The molecule has 1 atom stereocenters. The van der Waals surface area contributed by atoms with Gasteiger partial charge in [0, 0.05) is 13.1 Å². The van der Waals surface area contributed by atoms with Gasteiger partial charge < -0.3 is 14.7 Å². The molecule has 0 aromatic rings. The Morgan fingerprint density at radius 1 is 1.41 bits per heavy atom. The van der Waals surface area contributed by atoms with Crippen LogP contribution in [0.5, 0.6) is 0 Å². The van der Waals surface area contributed by atoms with Crippen molar-refractivity contribution in [2.45, 2.75) is 38.0 Å². The van der Waals surface area contributed by atoms with Gasteiger partial charge in [-0.15, -0.1) is 0 Å². The van der Waals surface area contributed by atoms with Crippen molar-refractivity contribution in [3.63, 3.8) is 0 Å². The molecular weight excluding hydrogens is 239 g/mol. The molecule has 1 unspecified atom stereocenters. The molecular formula is C10H16F3NO3. The Labute approximate surface area is 97.3 Å². The van der Waals surface area contributed by atoms with Crippen LogP contribution in [-0.2, 0) is 4.74 Å². The number of likely N-dealkylation sites (tertiary alicyclic amines) is 1. The number of amides is 1. The van der Waals surface area contributed by atoms with Gasteiger partial charge in [-0.3, -0.25) is 0 Å². The Morgan fingerprint density at radius 2 is 2.06 bits per heavy atom. The lowest BCUT2D eigenvalue weighted by Gasteiger charge is -2.22. The topological polar surface area (TPSA) is 49.8 Å². The molecule has 1 saturated heterocycles. The van der Waals surface area contributed by atoms with Gasteiger partial charge in [0.15, 0.2) is 6.61 Å². The van der Waals surface area contributed by atoms with E-state index in [0.717, 1.165) is 0 Å². The van der Waals surface area contributed by atoms with E-state index in [0.29, 0.717) is 25.8 Å². The summed E-state index contributed by atoms with van der Waals surface area (Å²) >= 11 is 0. The van der Waals surface area contributed by atoms with Gasteiger partial charge in [-0.25, -0.2) is 4.79 Å². The third-order valence-electron chi connectivity index (χ3n) is 2.68. The van der Waals surface area contributed by atoms with Crippen LogP contribution in [0, 0.1) is 0 Å². The fourth-order valence-corrected chi connectivity index (χ4v) is 1.68. The highest BCUT2D eigenvalue weighted by molar-refractivity contribution is 5.67. The minimum Gasteiger partial charge on any atom is -0.440 e. The van der Waals surface area contributed by atoms with Crippen molar-refractivity contribution in [1.29, 1.82) is 0 Å². The number of hydrogen-bond donors (Lipinski definition) is 1. The highest BCUT2D eigenvalue weighted by Crippen LogP contribution is 2.22. The third kappa shape index (κ3) is 5.25. The molecule has 0 aliphatic carbocycles. The predicted octanol–water partition coefficient (Wildman–Crippen LogP) is 1.92. The third-order valence-corrected chi connectivity index (χ3v) is 2.68. The number of hydrogen-bond acceptors (Lipinski definition) is 3. The molecule has 0 radical (unpaired) electrons. The number of halogens is 3. The second kappa shape index (κ2) is 5.12. The second-order valence-electron chi connectivity index (χ2n) is 4.51. The molecule has 1 amide bonds. The summed E-state index contributed by atoms with van der Waals surface area (Å²) in [6.45, 7) is 0.604. The molecule has 1 aliphatic rings. The molecule has 1 N–H and O–H groups in total. The first-order valence-corrected chi connectivity index (χ1v) is 5.40. The number of nitrogens with zero attached hydrogens (tertiary/aromatic N) is 1. The van der Waals surface area contributed by atoms with Crippen LogP contribution in [0.1, 0.15) is 26.2 Å². The lowest BCUT2D eigenvalue weighted by molar-refractivity contribution is -0.162. The molecule has 0 bridgehead atoms. The van der Waals surface area contributed by atoms with Crippen LogP contribution in [0.4, 0.5) is 18.0 Å². The van der Waals surface area contributed by atoms with E-state index in [9.17, 15) is 23.1 Å². The van der Waals surface area contributed by atoms with Gasteiger partial charge in [0.25, 0.3) is 0 Å². The summed E-state index contributed by atoms with van der Waals surface area (Å²) in [6.07, 6.45) is -4.06. The van der Waals surface area contributed by atoms with Gasteiger partial charge in [-0.05, 0) is 26.2 Å². The summed E-state index contributed by atoms with van der Waals surface area (Å²) in [7, 11) is 0. The Balaban J connectivity index is 2.42.